The quantitative estimate of drug-likeness (QED) is 0.819. The molecule has 2 N–H and O–H groups in total. The molecule has 1 aliphatic heterocycles. The van der Waals surface area contributed by atoms with Gasteiger partial charge in [0.15, 0.2) is 0 Å². The molecule has 4 nitrogen and oxygen atoms in total. The van der Waals surface area contributed by atoms with E-state index in [9.17, 15) is 9.90 Å². The van der Waals surface area contributed by atoms with Crippen LogP contribution in [0.15, 0.2) is 0 Å². The van der Waals surface area contributed by atoms with Gasteiger partial charge in [-0.1, -0.05) is 26.2 Å². The Bertz CT molecular complexity index is 327. The lowest BCUT2D eigenvalue weighted by Crippen LogP contribution is -2.58. The highest BCUT2D eigenvalue weighted by atomic mass is 16.4. The van der Waals surface area contributed by atoms with Gasteiger partial charge < -0.3 is 15.3 Å². The second-order valence-electron chi connectivity index (χ2n) is 6.87. The first kappa shape index (κ1) is 16.8. The van der Waals surface area contributed by atoms with Crippen LogP contribution in [0.4, 0.5) is 0 Å². The second kappa shape index (κ2) is 8.14. The van der Waals surface area contributed by atoms with Crippen LogP contribution in [0, 0.1) is 0 Å². The summed E-state index contributed by atoms with van der Waals surface area (Å²) < 4.78 is 0. The topological polar surface area (TPSA) is 52.6 Å². The molecule has 0 amide bonds. The number of likely N-dealkylation sites (tertiary alicyclic amines) is 1. The van der Waals surface area contributed by atoms with E-state index < -0.39 is 11.5 Å². The van der Waals surface area contributed by atoms with E-state index in [1.807, 2.05) is 0 Å². The van der Waals surface area contributed by atoms with Crippen molar-refractivity contribution < 1.29 is 9.90 Å². The van der Waals surface area contributed by atoms with E-state index in [4.69, 9.17) is 0 Å². The fourth-order valence-electron chi connectivity index (χ4n) is 3.99. The smallest absolute Gasteiger partial charge is 0.323 e. The van der Waals surface area contributed by atoms with Crippen LogP contribution in [0.3, 0.4) is 0 Å². The van der Waals surface area contributed by atoms with Gasteiger partial charge in [-0.15, -0.1) is 0 Å². The van der Waals surface area contributed by atoms with Crippen molar-refractivity contribution in [3.05, 3.63) is 0 Å². The highest BCUT2D eigenvalue weighted by molar-refractivity contribution is 5.79. The molecule has 1 saturated carbocycles. The van der Waals surface area contributed by atoms with Crippen molar-refractivity contribution in [3.63, 3.8) is 0 Å². The van der Waals surface area contributed by atoms with E-state index in [1.165, 1.54) is 38.5 Å². The van der Waals surface area contributed by atoms with Gasteiger partial charge in [-0.05, 0) is 64.6 Å². The monoisotopic (exact) mass is 296 g/mol. The van der Waals surface area contributed by atoms with Crippen LogP contribution in [0.25, 0.3) is 0 Å². The summed E-state index contributed by atoms with van der Waals surface area (Å²) in [7, 11) is 0. The first-order valence-electron chi connectivity index (χ1n) is 8.90. The van der Waals surface area contributed by atoms with Crippen molar-refractivity contribution in [1.29, 1.82) is 0 Å². The molecule has 2 aliphatic rings. The maximum Gasteiger partial charge on any atom is 0.323 e. The maximum absolute atomic E-state index is 11.9. The van der Waals surface area contributed by atoms with Crippen LogP contribution in [0.1, 0.15) is 71.1 Å². The Morgan fingerprint density at radius 2 is 1.86 bits per heavy atom. The Morgan fingerprint density at radius 3 is 2.48 bits per heavy atom. The molecular formula is C17H32N2O2. The van der Waals surface area contributed by atoms with Crippen LogP contribution < -0.4 is 5.32 Å². The minimum absolute atomic E-state index is 0.456. The first-order chi connectivity index (χ1) is 10.2. The number of nitrogens with one attached hydrogen (secondary N) is 1. The molecule has 122 valence electrons. The molecule has 0 aromatic carbocycles. The van der Waals surface area contributed by atoms with E-state index in [2.05, 4.69) is 17.1 Å². The number of carboxylic acids is 1. The van der Waals surface area contributed by atoms with Crippen molar-refractivity contribution >= 4 is 5.97 Å². The third-order valence-corrected chi connectivity index (χ3v) is 5.25. The molecule has 0 bridgehead atoms. The molecule has 2 rings (SSSR count). The number of hydrogen-bond acceptors (Lipinski definition) is 3. The largest absolute Gasteiger partial charge is 0.480 e. The molecule has 0 aromatic rings. The molecule has 1 heterocycles. The zero-order valence-electron chi connectivity index (χ0n) is 13.6. The Balaban J connectivity index is 2.01. The lowest BCUT2D eigenvalue weighted by atomic mass is 9.78. The molecule has 0 spiro atoms. The van der Waals surface area contributed by atoms with E-state index >= 15 is 0 Å². The molecule has 2 fully saturated rings. The van der Waals surface area contributed by atoms with Gasteiger partial charge >= 0.3 is 5.97 Å². The lowest BCUT2D eigenvalue weighted by molar-refractivity contribution is -0.147. The van der Waals surface area contributed by atoms with E-state index in [0.717, 1.165) is 45.3 Å². The average Bonchev–Trinajstić information content (AvgIpc) is 2.45. The zero-order chi connectivity index (χ0) is 15.1. The standard InChI is InChI=1S/C17H32N2O2/c1-2-11-18-17(16(20)21)10-8-9-15(14-17)19-12-6-4-3-5-7-13-19/h15,18H,2-14H2,1H3,(H,20,21). The molecular weight excluding hydrogens is 264 g/mol. The van der Waals surface area contributed by atoms with Gasteiger partial charge in [0, 0.05) is 6.04 Å². The van der Waals surface area contributed by atoms with Gasteiger partial charge in [-0.2, -0.15) is 0 Å². The third-order valence-electron chi connectivity index (χ3n) is 5.25. The Hall–Kier alpha value is -0.610. The minimum Gasteiger partial charge on any atom is -0.480 e. The summed E-state index contributed by atoms with van der Waals surface area (Å²) in [4.78, 5) is 14.4. The van der Waals surface area contributed by atoms with E-state index in [1.54, 1.807) is 0 Å². The average molecular weight is 296 g/mol. The number of nitrogens with zero attached hydrogens (tertiary/aromatic N) is 1. The summed E-state index contributed by atoms with van der Waals surface area (Å²) in [6, 6.07) is 0.456. The molecule has 0 radical (unpaired) electrons. The van der Waals surface area contributed by atoms with Crippen molar-refractivity contribution in [2.24, 2.45) is 0 Å². The Kier molecular flexibility index (Phi) is 6.49. The van der Waals surface area contributed by atoms with E-state index in [-0.39, 0.29) is 0 Å². The Morgan fingerprint density at radius 1 is 1.19 bits per heavy atom. The summed E-state index contributed by atoms with van der Waals surface area (Å²) in [6.07, 6.45) is 11.3. The molecule has 1 saturated heterocycles. The molecule has 4 heteroatoms. The highest BCUT2D eigenvalue weighted by Crippen LogP contribution is 2.32. The van der Waals surface area contributed by atoms with Crippen molar-refractivity contribution in [2.75, 3.05) is 19.6 Å². The number of carbonyl (C=O) groups is 1. The van der Waals surface area contributed by atoms with Gasteiger partial charge in [0.1, 0.15) is 5.54 Å². The van der Waals surface area contributed by atoms with Crippen LogP contribution in [0.2, 0.25) is 0 Å². The van der Waals surface area contributed by atoms with Crippen molar-refractivity contribution in [1.82, 2.24) is 10.2 Å². The highest BCUT2D eigenvalue weighted by Gasteiger charge is 2.43. The summed E-state index contributed by atoms with van der Waals surface area (Å²) in [5, 5.41) is 13.1. The van der Waals surface area contributed by atoms with Crippen LogP contribution in [0.5, 0.6) is 0 Å². The lowest BCUT2D eigenvalue weighted by Gasteiger charge is -2.43. The molecule has 0 aromatic heterocycles. The van der Waals surface area contributed by atoms with Crippen LogP contribution in [-0.4, -0.2) is 47.2 Å². The second-order valence-corrected chi connectivity index (χ2v) is 6.87. The van der Waals surface area contributed by atoms with Crippen LogP contribution >= 0.6 is 0 Å². The first-order valence-corrected chi connectivity index (χ1v) is 8.90. The molecule has 21 heavy (non-hydrogen) atoms. The Labute approximate surface area is 129 Å². The number of hydrogen-bond donors (Lipinski definition) is 2. The fraction of sp³-hybridized carbons (Fsp3) is 0.941. The summed E-state index contributed by atoms with van der Waals surface area (Å²) in [5.74, 6) is -0.646. The number of carboxylic acid groups (broad SMARTS) is 1. The molecule has 2 atom stereocenters. The van der Waals surface area contributed by atoms with Gasteiger partial charge in [0.05, 0.1) is 0 Å². The van der Waals surface area contributed by atoms with Gasteiger partial charge in [-0.3, -0.25) is 4.79 Å². The number of aliphatic carboxylic acids is 1. The third kappa shape index (κ3) is 4.43. The predicted molar refractivity (Wildman–Crippen MR) is 85.6 cm³/mol. The number of rotatable bonds is 5. The summed E-state index contributed by atoms with van der Waals surface area (Å²) in [5.41, 5.74) is -0.679. The summed E-state index contributed by atoms with van der Waals surface area (Å²) >= 11 is 0. The SMILES string of the molecule is CCCNC1(C(=O)O)CCCC(N2CCCCCCC2)C1. The van der Waals surface area contributed by atoms with Gasteiger partial charge in [0.25, 0.3) is 0 Å². The normalized spacial score (nSPS) is 32.3. The minimum atomic E-state index is -0.679. The van der Waals surface area contributed by atoms with Crippen molar-refractivity contribution in [2.45, 2.75) is 82.7 Å². The molecule has 2 unspecified atom stereocenters. The van der Waals surface area contributed by atoms with Gasteiger partial charge in [-0.25, -0.2) is 0 Å². The predicted octanol–water partition coefficient (Wildman–Crippen LogP) is 3.02. The van der Waals surface area contributed by atoms with Gasteiger partial charge in [0.2, 0.25) is 0 Å². The fourth-order valence-corrected chi connectivity index (χ4v) is 3.99. The summed E-state index contributed by atoms with van der Waals surface area (Å²) in [6.45, 7) is 5.22. The van der Waals surface area contributed by atoms with E-state index in [0.29, 0.717) is 6.04 Å². The molecule has 1 aliphatic carbocycles. The van der Waals surface area contributed by atoms with Crippen molar-refractivity contribution in [3.8, 4) is 0 Å². The maximum atomic E-state index is 11.9. The zero-order valence-corrected chi connectivity index (χ0v) is 13.6. The van der Waals surface area contributed by atoms with Crippen LogP contribution in [-0.2, 0) is 4.79 Å².